The monoisotopic (exact) mass is 402 g/mol. The van der Waals surface area contributed by atoms with Crippen LogP contribution in [-0.4, -0.2) is 55.3 Å². The Balaban J connectivity index is 1.58. The van der Waals surface area contributed by atoms with Gasteiger partial charge in [0.25, 0.3) is 5.69 Å². The number of ether oxygens (including phenoxy) is 2. The summed E-state index contributed by atoms with van der Waals surface area (Å²) in [6.07, 6.45) is 0. The molecule has 0 unspecified atom stereocenters. The molecule has 8 nitrogen and oxygen atoms in total. The van der Waals surface area contributed by atoms with Crippen LogP contribution in [0.1, 0.15) is 0 Å². The summed E-state index contributed by atoms with van der Waals surface area (Å²) in [6, 6.07) is 12.2. The van der Waals surface area contributed by atoms with E-state index in [2.05, 4.69) is 15.1 Å². The molecule has 0 aliphatic carbocycles. The number of anilines is 2. The number of piperazine rings is 1. The van der Waals surface area contributed by atoms with Crippen LogP contribution in [0.2, 0.25) is 0 Å². The van der Waals surface area contributed by atoms with Crippen LogP contribution in [0.25, 0.3) is 0 Å². The maximum Gasteiger partial charge on any atom is 0.269 e. The lowest BCUT2D eigenvalue weighted by Gasteiger charge is -2.37. The van der Waals surface area contributed by atoms with E-state index >= 15 is 0 Å². The average Bonchev–Trinajstić information content (AvgIpc) is 2.74. The number of nitro benzene ring substituents is 1. The fourth-order valence-corrected chi connectivity index (χ4v) is 3.34. The van der Waals surface area contributed by atoms with Crippen LogP contribution in [-0.2, 0) is 0 Å². The maximum atomic E-state index is 10.8. The summed E-state index contributed by atoms with van der Waals surface area (Å²) in [5.74, 6) is 1.37. The standard InChI is InChI=1S/C19H22N4O4S/c1-26-16-7-8-17(18(13-16)27-2)20-19(28)22-11-9-21(10-12-22)14-3-5-15(6-4-14)23(24)25/h3-8,13H,9-12H2,1-2H3,(H,20,28). The van der Waals surface area contributed by atoms with Gasteiger partial charge in [0.1, 0.15) is 11.5 Å². The first-order valence-corrected chi connectivity index (χ1v) is 9.20. The molecule has 1 heterocycles. The van der Waals surface area contributed by atoms with Gasteiger partial charge in [0, 0.05) is 50.1 Å². The minimum absolute atomic E-state index is 0.0983. The van der Waals surface area contributed by atoms with Gasteiger partial charge in [-0.15, -0.1) is 0 Å². The van der Waals surface area contributed by atoms with E-state index in [-0.39, 0.29) is 10.6 Å². The van der Waals surface area contributed by atoms with Crippen LogP contribution in [0.4, 0.5) is 17.1 Å². The van der Waals surface area contributed by atoms with E-state index in [9.17, 15) is 10.1 Å². The number of hydrogen-bond donors (Lipinski definition) is 1. The molecule has 0 bridgehead atoms. The second-order valence-electron chi connectivity index (χ2n) is 6.24. The van der Waals surface area contributed by atoms with Crippen LogP contribution in [0.3, 0.4) is 0 Å². The summed E-state index contributed by atoms with van der Waals surface area (Å²) in [4.78, 5) is 14.7. The lowest BCUT2D eigenvalue weighted by Crippen LogP contribution is -2.50. The molecule has 1 fully saturated rings. The Labute approximate surface area is 168 Å². The van der Waals surface area contributed by atoms with Gasteiger partial charge in [0.2, 0.25) is 0 Å². The minimum atomic E-state index is -0.390. The molecule has 1 aliphatic rings. The van der Waals surface area contributed by atoms with E-state index < -0.39 is 0 Å². The van der Waals surface area contributed by atoms with Crippen molar-refractivity contribution in [2.75, 3.05) is 50.6 Å². The average molecular weight is 402 g/mol. The molecule has 3 rings (SSSR count). The van der Waals surface area contributed by atoms with E-state index in [4.69, 9.17) is 21.7 Å². The van der Waals surface area contributed by atoms with Crippen molar-refractivity contribution in [3.63, 3.8) is 0 Å². The van der Waals surface area contributed by atoms with Gasteiger partial charge in [0.05, 0.1) is 24.8 Å². The van der Waals surface area contributed by atoms with Gasteiger partial charge in [-0.1, -0.05) is 0 Å². The normalized spacial score (nSPS) is 13.8. The molecule has 1 N–H and O–H groups in total. The molecule has 1 aliphatic heterocycles. The lowest BCUT2D eigenvalue weighted by molar-refractivity contribution is -0.384. The number of hydrogen-bond acceptors (Lipinski definition) is 6. The van der Waals surface area contributed by atoms with Gasteiger partial charge in [-0.25, -0.2) is 0 Å². The van der Waals surface area contributed by atoms with E-state index in [1.165, 1.54) is 12.1 Å². The van der Waals surface area contributed by atoms with Gasteiger partial charge in [-0.05, 0) is 36.5 Å². The summed E-state index contributed by atoms with van der Waals surface area (Å²) in [5.41, 5.74) is 1.85. The Kier molecular flexibility index (Phi) is 6.15. The van der Waals surface area contributed by atoms with Gasteiger partial charge < -0.3 is 24.6 Å². The first-order valence-electron chi connectivity index (χ1n) is 8.79. The number of nitrogens with one attached hydrogen (secondary N) is 1. The highest BCUT2D eigenvalue weighted by Gasteiger charge is 2.20. The van der Waals surface area contributed by atoms with E-state index in [0.717, 1.165) is 37.6 Å². The molecule has 9 heteroatoms. The molecule has 0 saturated carbocycles. The van der Waals surface area contributed by atoms with E-state index in [1.807, 2.05) is 12.1 Å². The van der Waals surface area contributed by atoms with Gasteiger partial charge in [-0.3, -0.25) is 10.1 Å². The van der Waals surface area contributed by atoms with Gasteiger partial charge >= 0.3 is 0 Å². The highest BCUT2D eigenvalue weighted by molar-refractivity contribution is 7.80. The molecule has 148 valence electrons. The molecule has 2 aromatic carbocycles. The van der Waals surface area contributed by atoms with Gasteiger partial charge in [-0.2, -0.15) is 0 Å². The van der Waals surface area contributed by atoms with Crippen molar-refractivity contribution < 1.29 is 14.4 Å². The summed E-state index contributed by atoms with van der Waals surface area (Å²) in [5, 5.41) is 14.7. The summed E-state index contributed by atoms with van der Waals surface area (Å²) >= 11 is 5.56. The molecule has 0 aromatic heterocycles. The first kappa shape index (κ1) is 19.7. The predicted molar refractivity (Wildman–Crippen MR) is 113 cm³/mol. The zero-order valence-corrected chi connectivity index (χ0v) is 16.6. The van der Waals surface area contributed by atoms with Crippen LogP contribution < -0.4 is 19.7 Å². The number of nitro groups is 1. The molecule has 0 amide bonds. The van der Waals surface area contributed by atoms with Crippen LogP contribution in [0.5, 0.6) is 11.5 Å². The maximum absolute atomic E-state index is 10.8. The van der Waals surface area contributed by atoms with Crippen molar-refractivity contribution in [2.24, 2.45) is 0 Å². The lowest BCUT2D eigenvalue weighted by atomic mass is 10.2. The molecule has 2 aromatic rings. The fourth-order valence-electron chi connectivity index (χ4n) is 3.05. The number of rotatable bonds is 5. The molecule has 28 heavy (non-hydrogen) atoms. The van der Waals surface area contributed by atoms with Crippen molar-refractivity contribution in [3.05, 3.63) is 52.6 Å². The Morgan fingerprint density at radius 1 is 1.07 bits per heavy atom. The van der Waals surface area contributed by atoms with Crippen LogP contribution in [0.15, 0.2) is 42.5 Å². The zero-order valence-electron chi connectivity index (χ0n) is 15.8. The second-order valence-corrected chi connectivity index (χ2v) is 6.63. The quantitative estimate of drug-likeness (QED) is 0.464. The molecular weight excluding hydrogens is 380 g/mol. The number of non-ortho nitro benzene ring substituents is 1. The highest BCUT2D eigenvalue weighted by atomic mass is 32.1. The highest BCUT2D eigenvalue weighted by Crippen LogP contribution is 2.29. The Bertz CT molecular complexity index is 852. The molecule has 0 atom stereocenters. The SMILES string of the molecule is COc1ccc(NC(=S)N2CCN(c3ccc([N+](=O)[O-])cc3)CC2)c(OC)c1. The van der Waals surface area contributed by atoms with E-state index in [1.54, 1.807) is 32.4 Å². The number of methoxy groups -OCH3 is 2. The van der Waals surface area contributed by atoms with Crippen molar-refractivity contribution >= 4 is 34.4 Å². The molecule has 0 spiro atoms. The third-order valence-electron chi connectivity index (χ3n) is 4.64. The Morgan fingerprint density at radius 2 is 1.75 bits per heavy atom. The molecule has 1 saturated heterocycles. The summed E-state index contributed by atoms with van der Waals surface area (Å²) in [6.45, 7) is 3.06. The fraction of sp³-hybridized carbons (Fsp3) is 0.316. The number of thiocarbonyl (C=S) groups is 1. The zero-order chi connectivity index (χ0) is 20.1. The molecular formula is C19H22N4O4S. The smallest absolute Gasteiger partial charge is 0.269 e. The minimum Gasteiger partial charge on any atom is -0.497 e. The predicted octanol–water partition coefficient (Wildman–Crippen LogP) is 3.13. The van der Waals surface area contributed by atoms with Crippen LogP contribution in [0, 0.1) is 10.1 Å². The number of benzene rings is 2. The Hall–Kier alpha value is -3.07. The van der Waals surface area contributed by atoms with Crippen molar-refractivity contribution in [1.29, 1.82) is 0 Å². The third-order valence-corrected chi connectivity index (χ3v) is 5.00. The van der Waals surface area contributed by atoms with Crippen molar-refractivity contribution in [3.8, 4) is 11.5 Å². The van der Waals surface area contributed by atoms with Crippen molar-refractivity contribution in [2.45, 2.75) is 0 Å². The third kappa shape index (κ3) is 4.42. The largest absolute Gasteiger partial charge is 0.497 e. The second kappa shape index (κ2) is 8.75. The van der Waals surface area contributed by atoms with Crippen molar-refractivity contribution in [1.82, 2.24) is 4.90 Å². The van der Waals surface area contributed by atoms with E-state index in [0.29, 0.717) is 16.6 Å². The summed E-state index contributed by atoms with van der Waals surface area (Å²) in [7, 11) is 3.21. The Morgan fingerprint density at radius 3 is 2.32 bits per heavy atom. The summed E-state index contributed by atoms with van der Waals surface area (Å²) < 4.78 is 10.6. The topological polar surface area (TPSA) is 80.1 Å². The van der Waals surface area contributed by atoms with Crippen LogP contribution >= 0.6 is 12.2 Å². The first-order chi connectivity index (χ1) is 13.5. The number of nitrogens with zero attached hydrogens (tertiary/aromatic N) is 3. The van der Waals surface area contributed by atoms with Gasteiger partial charge in [0.15, 0.2) is 5.11 Å². The molecule has 0 radical (unpaired) electrons.